The number of carboxylic acids is 1. The van der Waals surface area contributed by atoms with Crippen molar-refractivity contribution in [1.82, 2.24) is 4.90 Å². The van der Waals surface area contributed by atoms with Crippen LogP contribution < -0.4 is 0 Å². The van der Waals surface area contributed by atoms with E-state index in [9.17, 15) is 9.90 Å². The average Bonchev–Trinajstić information content (AvgIpc) is 2.11. The van der Waals surface area contributed by atoms with E-state index in [1.807, 2.05) is 0 Å². The molecule has 1 unspecified atom stereocenters. The number of aliphatic carboxylic acids is 1. The quantitative estimate of drug-likeness (QED) is 0.782. The molecule has 1 fully saturated rings. The molecule has 1 aliphatic heterocycles. The third-order valence-corrected chi connectivity index (χ3v) is 3.91. The Kier molecular flexibility index (Phi) is 3.44. The molecule has 0 saturated carbocycles. The van der Waals surface area contributed by atoms with Gasteiger partial charge < -0.3 is 10.0 Å². The van der Waals surface area contributed by atoms with E-state index in [1.165, 1.54) is 0 Å². The predicted octanol–water partition coefficient (Wildman–Crippen LogP) is 2.36. The van der Waals surface area contributed by atoms with Gasteiger partial charge >= 0.3 is 5.97 Å². The summed E-state index contributed by atoms with van der Waals surface area (Å²) in [6, 6.07) is 0. The van der Waals surface area contributed by atoms with E-state index < -0.39 is 11.4 Å². The lowest BCUT2D eigenvalue weighted by Gasteiger charge is -2.48. The third-order valence-electron chi connectivity index (χ3n) is 3.91. The van der Waals surface area contributed by atoms with E-state index in [2.05, 4.69) is 32.7 Å². The minimum absolute atomic E-state index is 0.00576. The largest absolute Gasteiger partial charge is 0.481 e. The second-order valence-electron chi connectivity index (χ2n) is 5.50. The van der Waals surface area contributed by atoms with Crippen LogP contribution in [0.2, 0.25) is 0 Å². The topological polar surface area (TPSA) is 40.5 Å². The fourth-order valence-corrected chi connectivity index (χ4v) is 2.72. The zero-order valence-electron chi connectivity index (χ0n) is 10.3. The molecule has 1 atom stereocenters. The molecule has 0 bridgehead atoms. The van der Waals surface area contributed by atoms with Gasteiger partial charge in [-0.2, -0.15) is 0 Å². The van der Waals surface area contributed by atoms with Gasteiger partial charge in [-0.15, -0.1) is 0 Å². The van der Waals surface area contributed by atoms with Gasteiger partial charge in [-0.1, -0.05) is 13.3 Å². The number of nitrogens with zero attached hydrogens (tertiary/aromatic N) is 1. The van der Waals surface area contributed by atoms with Crippen LogP contribution in [-0.4, -0.2) is 35.1 Å². The zero-order chi connectivity index (χ0) is 11.7. The third kappa shape index (κ3) is 2.33. The smallest absolute Gasteiger partial charge is 0.309 e. The van der Waals surface area contributed by atoms with E-state index in [0.29, 0.717) is 0 Å². The van der Waals surface area contributed by atoms with Crippen molar-refractivity contribution >= 4 is 5.97 Å². The van der Waals surface area contributed by atoms with Crippen LogP contribution in [0.5, 0.6) is 0 Å². The summed E-state index contributed by atoms with van der Waals surface area (Å²) in [6.07, 6.45) is 3.31. The van der Waals surface area contributed by atoms with Crippen molar-refractivity contribution in [1.29, 1.82) is 0 Å². The lowest BCUT2D eigenvalue weighted by molar-refractivity contribution is -0.156. The van der Waals surface area contributed by atoms with Crippen LogP contribution in [0.1, 0.15) is 46.5 Å². The summed E-state index contributed by atoms with van der Waals surface area (Å²) >= 11 is 0. The lowest BCUT2D eigenvalue weighted by Crippen LogP contribution is -2.54. The maximum absolute atomic E-state index is 11.4. The van der Waals surface area contributed by atoms with Gasteiger partial charge in [-0.3, -0.25) is 4.79 Å². The van der Waals surface area contributed by atoms with Gasteiger partial charge in [-0.25, -0.2) is 0 Å². The number of hydrogen-bond acceptors (Lipinski definition) is 2. The Morgan fingerprint density at radius 3 is 2.47 bits per heavy atom. The van der Waals surface area contributed by atoms with E-state index in [-0.39, 0.29) is 5.54 Å². The molecule has 0 spiro atoms. The molecule has 1 saturated heterocycles. The maximum atomic E-state index is 11.4. The Morgan fingerprint density at radius 2 is 2.07 bits per heavy atom. The van der Waals surface area contributed by atoms with Crippen molar-refractivity contribution in [2.45, 2.75) is 52.0 Å². The Bertz CT molecular complexity index is 250. The number of carboxylic acid groups (broad SMARTS) is 1. The summed E-state index contributed by atoms with van der Waals surface area (Å²) in [5.41, 5.74) is -0.476. The number of hydrogen-bond donors (Lipinski definition) is 1. The van der Waals surface area contributed by atoms with Crippen molar-refractivity contribution in [2.24, 2.45) is 5.41 Å². The highest BCUT2D eigenvalue weighted by molar-refractivity contribution is 5.75. The number of carbonyl (C=O) groups is 1. The van der Waals surface area contributed by atoms with Gasteiger partial charge in [0.05, 0.1) is 5.41 Å². The van der Waals surface area contributed by atoms with Gasteiger partial charge in [-0.05, 0) is 46.7 Å². The SMILES string of the molecule is CCCC1(C(=O)O)CCN(C)C(C)(C)C1. The van der Waals surface area contributed by atoms with Gasteiger partial charge in [0.25, 0.3) is 0 Å². The highest BCUT2D eigenvalue weighted by atomic mass is 16.4. The highest BCUT2D eigenvalue weighted by Crippen LogP contribution is 2.43. The van der Waals surface area contributed by atoms with Crippen LogP contribution in [0.3, 0.4) is 0 Å². The van der Waals surface area contributed by atoms with Crippen molar-refractivity contribution in [3.63, 3.8) is 0 Å². The Labute approximate surface area is 92.5 Å². The molecule has 0 aliphatic carbocycles. The first-order chi connectivity index (χ1) is 6.84. The summed E-state index contributed by atoms with van der Waals surface area (Å²) in [4.78, 5) is 13.7. The molecule has 88 valence electrons. The number of likely N-dealkylation sites (tertiary alicyclic amines) is 1. The molecule has 3 nitrogen and oxygen atoms in total. The molecule has 1 heterocycles. The zero-order valence-corrected chi connectivity index (χ0v) is 10.3. The first-order valence-electron chi connectivity index (χ1n) is 5.79. The molecule has 1 rings (SSSR count). The molecule has 1 aliphatic rings. The fraction of sp³-hybridized carbons (Fsp3) is 0.917. The number of rotatable bonds is 3. The second-order valence-corrected chi connectivity index (χ2v) is 5.50. The minimum atomic E-state index is -0.606. The summed E-state index contributed by atoms with van der Waals surface area (Å²) < 4.78 is 0. The van der Waals surface area contributed by atoms with Crippen molar-refractivity contribution in [3.8, 4) is 0 Å². The summed E-state index contributed by atoms with van der Waals surface area (Å²) in [5.74, 6) is -0.606. The molecular weight excluding hydrogens is 190 g/mol. The lowest BCUT2D eigenvalue weighted by atomic mass is 9.68. The molecule has 0 amide bonds. The van der Waals surface area contributed by atoms with Crippen LogP contribution in [0.4, 0.5) is 0 Å². The molecule has 15 heavy (non-hydrogen) atoms. The van der Waals surface area contributed by atoms with Crippen molar-refractivity contribution in [3.05, 3.63) is 0 Å². The molecule has 0 radical (unpaired) electrons. The van der Waals surface area contributed by atoms with Gasteiger partial charge in [0.2, 0.25) is 0 Å². The first-order valence-corrected chi connectivity index (χ1v) is 5.79. The van der Waals surface area contributed by atoms with Gasteiger partial charge in [0.15, 0.2) is 0 Å². The van der Waals surface area contributed by atoms with Crippen LogP contribution >= 0.6 is 0 Å². The molecule has 0 aromatic rings. The average molecular weight is 213 g/mol. The van der Waals surface area contributed by atoms with Gasteiger partial charge in [0, 0.05) is 5.54 Å². The predicted molar refractivity (Wildman–Crippen MR) is 60.9 cm³/mol. The molecule has 0 aromatic carbocycles. The standard InChI is InChI=1S/C12H23NO2/c1-5-6-12(10(14)15)7-8-13(4)11(2,3)9-12/h5-9H2,1-4H3,(H,14,15). The summed E-state index contributed by atoms with van der Waals surface area (Å²) in [6.45, 7) is 7.23. The van der Waals surface area contributed by atoms with E-state index >= 15 is 0 Å². The molecule has 3 heteroatoms. The Balaban J connectivity index is 2.88. The second kappa shape index (κ2) is 4.12. The Morgan fingerprint density at radius 1 is 1.47 bits per heavy atom. The molecule has 0 aromatic heterocycles. The normalized spacial score (nSPS) is 31.5. The van der Waals surface area contributed by atoms with Crippen LogP contribution in [0.15, 0.2) is 0 Å². The summed E-state index contributed by atoms with van der Waals surface area (Å²) in [5, 5.41) is 9.42. The van der Waals surface area contributed by atoms with Crippen LogP contribution in [0, 0.1) is 5.41 Å². The van der Waals surface area contributed by atoms with Gasteiger partial charge in [0.1, 0.15) is 0 Å². The van der Waals surface area contributed by atoms with Crippen LogP contribution in [0.25, 0.3) is 0 Å². The first kappa shape index (κ1) is 12.5. The highest BCUT2D eigenvalue weighted by Gasteiger charge is 2.46. The van der Waals surface area contributed by atoms with Crippen molar-refractivity contribution < 1.29 is 9.90 Å². The fourth-order valence-electron chi connectivity index (χ4n) is 2.72. The monoisotopic (exact) mass is 213 g/mol. The molecular formula is C12H23NO2. The van der Waals surface area contributed by atoms with Crippen molar-refractivity contribution in [2.75, 3.05) is 13.6 Å². The molecule has 1 N–H and O–H groups in total. The van der Waals surface area contributed by atoms with Crippen LogP contribution in [-0.2, 0) is 4.79 Å². The maximum Gasteiger partial charge on any atom is 0.309 e. The van der Waals surface area contributed by atoms with E-state index in [1.54, 1.807) is 0 Å². The number of piperidine rings is 1. The summed E-state index contributed by atoms with van der Waals surface area (Å²) in [7, 11) is 2.08. The van der Waals surface area contributed by atoms with E-state index in [0.717, 1.165) is 32.2 Å². The Hall–Kier alpha value is -0.570. The van der Waals surface area contributed by atoms with E-state index in [4.69, 9.17) is 0 Å². The minimum Gasteiger partial charge on any atom is -0.481 e.